The quantitative estimate of drug-likeness (QED) is 0.762. The zero-order valence-electron chi connectivity index (χ0n) is 11.3. The monoisotopic (exact) mass is 293 g/mol. The summed E-state index contributed by atoms with van der Waals surface area (Å²) in [6, 6.07) is 1.96. The van der Waals surface area contributed by atoms with Crippen molar-refractivity contribution in [2.45, 2.75) is 44.8 Å². The normalized spacial score (nSPS) is 30.2. The minimum atomic E-state index is -3.01. The predicted molar refractivity (Wildman–Crippen MR) is 68.0 cm³/mol. The van der Waals surface area contributed by atoms with E-state index in [9.17, 15) is 19.0 Å². The molecule has 1 aliphatic rings. The Morgan fingerprint density at radius 1 is 1.50 bits per heavy atom. The molecule has 8 heteroatoms. The van der Waals surface area contributed by atoms with Crippen LogP contribution in [0.15, 0.2) is 18.3 Å². The second-order valence-corrected chi connectivity index (χ2v) is 5.03. The second-order valence-electron chi connectivity index (χ2n) is 5.03. The molecule has 1 aromatic heterocycles. The van der Waals surface area contributed by atoms with Crippen molar-refractivity contribution in [1.82, 2.24) is 10.3 Å². The molecule has 0 radical (unpaired) electrons. The number of halogens is 3. The minimum Gasteiger partial charge on any atom is -0.372 e. The highest BCUT2D eigenvalue weighted by Crippen LogP contribution is 2.32. The molecule has 3 atom stereocenters. The SMILES string of the molecule is CC1NC(C)(O)N(c2cc(C(C)(F)F)ccn2)C1O.F. The number of hydrogen-bond donors (Lipinski definition) is 3. The van der Waals surface area contributed by atoms with Gasteiger partial charge in [0.25, 0.3) is 5.92 Å². The van der Waals surface area contributed by atoms with Gasteiger partial charge in [-0.1, -0.05) is 0 Å². The molecule has 2 heterocycles. The van der Waals surface area contributed by atoms with Gasteiger partial charge in [-0.25, -0.2) is 13.8 Å². The standard InChI is InChI=1S/C12H17F2N3O2.FH/c1-7-10(18)17(12(3,19)16-7)9-6-8(4-5-15-9)11(2,13)14;/h4-7,10,16,18-19H,1-3H3;1H. The average Bonchev–Trinajstić information content (AvgIpc) is 2.47. The van der Waals surface area contributed by atoms with Crippen molar-refractivity contribution in [3.8, 4) is 0 Å². The van der Waals surface area contributed by atoms with E-state index in [2.05, 4.69) is 10.3 Å². The Hall–Kier alpha value is -1.38. The molecule has 0 aromatic carbocycles. The Labute approximate surface area is 114 Å². The average molecular weight is 293 g/mol. The van der Waals surface area contributed by atoms with Gasteiger partial charge >= 0.3 is 0 Å². The van der Waals surface area contributed by atoms with Crippen molar-refractivity contribution in [2.24, 2.45) is 0 Å². The highest BCUT2D eigenvalue weighted by Gasteiger charge is 2.46. The van der Waals surface area contributed by atoms with E-state index in [1.165, 1.54) is 24.1 Å². The van der Waals surface area contributed by atoms with Gasteiger partial charge in [0.2, 0.25) is 0 Å². The van der Waals surface area contributed by atoms with Crippen molar-refractivity contribution in [2.75, 3.05) is 4.90 Å². The van der Waals surface area contributed by atoms with Crippen LogP contribution in [0, 0.1) is 0 Å². The topological polar surface area (TPSA) is 68.6 Å². The smallest absolute Gasteiger partial charge is 0.270 e. The number of aromatic nitrogens is 1. The van der Waals surface area contributed by atoms with E-state index in [1.54, 1.807) is 6.92 Å². The molecule has 1 aromatic rings. The molecular weight excluding hydrogens is 275 g/mol. The van der Waals surface area contributed by atoms with Crippen molar-refractivity contribution in [1.29, 1.82) is 0 Å². The third kappa shape index (κ3) is 2.87. The van der Waals surface area contributed by atoms with E-state index in [0.717, 1.165) is 13.0 Å². The van der Waals surface area contributed by atoms with Gasteiger partial charge in [-0.2, -0.15) is 0 Å². The lowest BCUT2D eigenvalue weighted by Gasteiger charge is -2.32. The van der Waals surface area contributed by atoms with Crippen LogP contribution in [0.4, 0.5) is 19.3 Å². The lowest BCUT2D eigenvalue weighted by Crippen LogP contribution is -2.51. The zero-order chi connectivity index (χ0) is 14.4. The molecule has 0 aliphatic carbocycles. The summed E-state index contributed by atoms with van der Waals surface area (Å²) < 4.78 is 26.6. The number of alkyl halides is 2. The van der Waals surface area contributed by atoms with Gasteiger partial charge in [-0.15, -0.1) is 0 Å². The van der Waals surface area contributed by atoms with E-state index in [0.29, 0.717) is 0 Å². The third-order valence-corrected chi connectivity index (χ3v) is 3.18. The highest BCUT2D eigenvalue weighted by atomic mass is 19.3. The summed E-state index contributed by atoms with van der Waals surface area (Å²) in [5, 5.41) is 22.9. The summed E-state index contributed by atoms with van der Waals surface area (Å²) in [4.78, 5) is 5.12. The van der Waals surface area contributed by atoms with Crippen LogP contribution in [-0.2, 0) is 5.92 Å². The highest BCUT2D eigenvalue weighted by molar-refractivity contribution is 5.46. The molecule has 0 amide bonds. The number of hydrogen-bond acceptors (Lipinski definition) is 5. The van der Waals surface area contributed by atoms with Crippen LogP contribution in [0.2, 0.25) is 0 Å². The molecule has 0 saturated carbocycles. The first-order valence-corrected chi connectivity index (χ1v) is 5.95. The zero-order valence-corrected chi connectivity index (χ0v) is 11.3. The molecule has 3 N–H and O–H groups in total. The summed E-state index contributed by atoms with van der Waals surface area (Å²) in [5.74, 6) is -4.46. The molecule has 1 fully saturated rings. The first-order chi connectivity index (χ1) is 8.63. The van der Waals surface area contributed by atoms with E-state index >= 15 is 0 Å². The number of aliphatic hydroxyl groups is 2. The van der Waals surface area contributed by atoms with Crippen LogP contribution < -0.4 is 10.2 Å². The van der Waals surface area contributed by atoms with Crippen LogP contribution in [-0.4, -0.2) is 33.3 Å². The number of anilines is 1. The summed E-state index contributed by atoms with van der Waals surface area (Å²) in [6.07, 6.45) is 0.177. The fourth-order valence-electron chi connectivity index (χ4n) is 2.24. The van der Waals surface area contributed by atoms with Crippen LogP contribution >= 0.6 is 0 Å². The van der Waals surface area contributed by atoms with E-state index in [4.69, 9.17) is 0 Å². The van der Waals surface area contributed by atoms with Crippen molar-refractivity contribution >= 4 is 5.82 Å². The van der Waals surface area contributed by atoms with Gasteiger partial charge in [0.1, 0.15) is 12.0 Å². The molecule has 1 aliphatic heterocycles. The molecule has 1 saturated heterocycles. The van der Waals surface area contributed by atoms with Gasteiger partial charge in [-0.3, -0.25) is 14.9 Å². The first kappa shape index (κ1) is 16.7. The minimum absolute atomic E-state index is 0. The number of aliphatic hydroxyl groups excluding tert-OH is 1. The van der Waals surface area contributed by atoms with Crippen molar-refractivity contribution < 1.29 is 23.7 Å². The molecule has 114 valence electrons. The molecule has 5 nitrogen and oxygen atoms in total. The maximum absolute atomic E-state index is 13.3. The molecule has 0 bridgehead atoms. The van der Waals surface area contributed by atoms with E-state index in [-0.39, 0.29) is 16.1 Å². The summed E-state index contributed by atoms with van der Waals surface area (Å²) in [6.45, 7) is 3.89. The Morgan fingerprint density at radius 2 is 2.10 bits per heavy atom. The van der Waals surface area contributed by atoms with Crippen LogP contribution in [0.3, 0.4) is 0 Å². The van der Waals surface area contributed by atoms with Gasteiger partial charge in [-0.05, 0) is 26.0 Å². The third-order valence-electron chi connectivity index (χ3n) is 3.18. The van der Waals surface area contributed by atoms with Gasteiger partial charge in [0, 0.05) is 18.7 Å². The number of nitrogens with one attached hydrogen (secondary N) is 1. The van der Waals surface area contributed by atoms with Crippen molar-refractivity contribution in [3.63, 3.8) is 0 Å². The Morgan fingerprint density at radius 3 is 2.55 bits per heavy atom. The Balaban J connectivity index is 0.00000200. The fraction of sp³-hybridized carbons (Fsp3) is 0.583. The van der Waals surface area contributed by atoms with Gasteiger partial charge in [0.15, 0.2) is 5.85 Å². The van der Waals surface area contributed by atoms with Crippen molar-refractivity contribution in [3.05, 3.63) is 23.9 Å². The number of nitrogens with zero attached hydrogens (tertiary/aromatic N) is 2. The summed E-state index contributed by atoms with van der Waals surface area (Å²) >= 11 is 0. The number of rotatable bonds is 2. The lowest BCUT2D eigenvalue weighted by molar-refractivity contribution is 0.0165. The lowest BCUT2D eigenvalue weighted by atomic mass is 10.1. The maximum atomic E-state index is 13.3. The molecule has 0 spiro atoms. The van der Waals surface area contributed by atoms with Crippen LogP contribution in [0.5, 0.6) is 0 Å². The van der Waals surface area contributed by atoms with Gasteiger partial charge < -0.3 is 10.2 Å². The Bertz CT molecular complexity index is 479. The molecular formula is C12H18F3N3O2. The summed E-state index contributed by atoms with van der Waals surface area (Å²) in [7, 11) is 0. The van der Waals surface area contributed by atoms with Gasteiger partial charge in [0.05, 0.1) is 6.04 Å². The Kier molecular flexibility index (Phi) is 4.33. The number of pyridine rings is 1. The summed E-state index contributed by atoms with van der Waals surface area (Å²) in [5.41, 5.74) is -0.222. The fourth-order valence-corrected chi connectivity index (χ4v) is 2.24. The van der Waals surface area contributed by atoms with Crippen LogP contribution in [0.1, 0.15) is 26.3 Å². The molecule has 3 unspecified atom stereocenters. The molecule has 2 rings (SSSR count). The largest absolute Gasteiger partial charge is 0.372 e. The maximum Gasteiger partial charge on any atom is 0.270 e. The van der Waals surface area contributed by atoms with Crippen LogP contribution in [0.25, 0.3) is 0 Å². The van der Waals surface area contributed by atoms with E-state index < -0.39 is 24.0 Å². The van der Waals surface area contributed by atoms with E-state index in [1.807, 2.05) is 0 Å². The first-order valence-electron chi connectivity index (χ1n) is 5.95. The predicted octanol–water partition coefficient (Wildman–Crippen LogP) is 1.13. The molecule has 20 heavy (non-hydrogen) atoms. The second kappa shape index (κ2) is 5.19.